The molecule has 2 aromatic carbocycles. The number of nitrogens with zero attached hydrogens (tertiary/aromatic N) is 1. The number of aliphatic hydroxyl groups is 1. The number of ether oxygens (including phenoxy) is 1. The molecule has 1 atom stereocenters. The van der Waals surface area contributed by atoms with Gasteiger partial charge in [0, 0.05) is 11.6 Å². The summed E-state index contributed by atoms with van der Waals surface area (Å²) in [4.78, 5) is 26.9. The molecular formula is C21H19ClFNO4. The molecule has 0 aliphatic carbocycles. The molecule has 0 radical (unpaired) electrons. The van der Waals surface area contributed by atoms with E-state index in [1.165, 1.54) is 24.1 Å². The van der Waals surface area contributed by atoms with Crippen LogP contribution in [0.4, 0.5) is 10.1 Å². The van der Waals surface area contributed by atoms with Gasteiger partial charge in [-0.1, -0.05) is 37.6 Å². The van der Waals surface area contributed by atoms with Crippen molar-refractivity contribution in [3.63, 3.8) is 0 Å². The molecule has 2 aromatic rings. The van der Waals surface area contributed by atoms with Gasteiger partial charge in [0.15, 0.2) is 11.5 Å². The Balaban J connectivity index is 2.18. The van der Waals surface area contributed by atoms with Gasteiger partial charge in [-0.15, -0.1) is 0 Å². The Morgan fingerprint density at radius 2 is 1.86 bits per heavy atom. The second-order valence-electron chi connectivity index (χ2n) is 6.73. The second kappa shape index (κ2) is 7.64. The van der Waals surface area contributed by atoms with E-state index in [4.69, 9.17) is 16.3 Å². The monoisotopic (exact) mass is 403 g/mol. The van der Waals surface area contributed by atoms with Gasteiger partial charge in [-0.3, -0.25) is 14.5 Å². The van der Waals surface area contributed by atoms with Crippen molar-refractivity contribution in [2.24, 2.45) is 5.92 Å². The first-order valence-electron chi connectivity index (χ1n) is 8.66. The van der Waals surface area contributed by atoms with E-state index in [9.17, 15) is 19.1 Å². The minimum Gasteiger partial charge on any atom is -0.503 e. The second-order valence-corrected chi connectivity index (χ2v) is 7.14. The van der Waals surface area contributed by atoms with Gasteiger partial charge < -0.3 is 9.84 Å². The molecule has 1 amide bonds. The van der Waals surface area contributed by atoms with Crippen molar-refractivity contribution >= 4 is 29.0 Å². The van der Waals surface area contributed by atoms with E-state index in [1.807, 2.05) is 0 Å². The number of methoxy groups -OCH3 is 1. The summed E-state index contributed by atoms with van der Waals surface area (Å²) < 4.78 is 18.8. The van der Waals surface area contributed by atoms with Crippen molar-refractivity contribution in [1.82, 2.24) is 0 Å². The number of carbonyl (C=O) groups is 2. The van der Waals surface area contributed by atoms with Gasteiger partial charge >= 0.3 is 0 Å². The summed E-state index contributed by atoms with van der Waals surface area (Å²) in [5.74, 6) is -2.15. The van der Waals surface area contributed by atoms with Crippen LogP contribution in [0.2, 0.25) is 5.02 Å². The zero-order valence-electron chi connectivity index (χ0n) is 15.6. The Kier molecular flexibility index (Phi) is 5.42. The summed E-state index contributed by atoms with van der Waals surface area (Å²) in [5, 5.41) is 10.3. The van der Waals surface area contributed by atoms with Crippen LogP contribution in [-0.2, 0) is 9.59 Å². The van der Waals surface area contributed by atoms with Gasteiger partial charge in [0.1, 0.15) is 11.6 Å². The molecule has 3 rings (SSSR count). The van der Waals surface area contributed by atoms with Crippen LogP contribution >= 0.6 is 11.6 Å². The zero-order valence-corrected chi connectivity index (χ0v) is 16.3. The lowest BCUT2D eigenvalue weighted by atomic mass is 9.91. The normalized spacial score (nSPS) is 16.9. The standard InChI is InChI=1S/C21H19ClFNO4/c1-11(2)19(25)17-18(12-4-7-14(28-3)8-5-12)24(21(27)20(17)26)13-6-9-16(23)15(22)10-13/h4-11,18,26H,1-3H3. The highest BCUT2D eigenvalue weighted by Gasteiger charge is 2.44. The topological polar surface area (TPSA) is 66.8 Å². The van der Waals surface area contributed by atoms with Crippen LogP contribution < -0.4 is 9.64 Å². The number of halogens is 2. The fourth-order valence-corrected chi connectivity index (χ4v) is 3.35. The zero-order chi connectivity index (χ0) is 20.6. The predicted octanol–water partition coefficient (Wildman–Crippen LogP) is 4.61. The lowest BCUT2D eigenvalue weighted by Crippen LogP contribution is -2.31. The summed E-state index contributed by atoms with van der Waals surface area (Å²) in [6.45, 7) is 3.38. The molecule has 146 valence electrons. The number of Topliss-reactive ketones (excluding diaryl/α,β-unsaturated/α-hetero) is 1. The van der Waals surface area contributed by atoms with Gasteiger partial charge in [0.2, 0.25) is 0 Å². The summed E-state index contributed by atoms with van der Waals surface area (Å²) in [6.07, 6.45) is 0. The van der Waals surface area contributed by atoms with Crippen LogP contribution in [0, 0.1) is 11.7 Å². The minimum absolute atomic E-state index is 0.00520. The van der Waals surface area contributed by atoms with E-state index in [-0.39, 0.29) is 22.1 Å². The number of anilines is 1. The van der Waals surface area contributed by atoms with Gasteiger partial charge in [0.05, 0.1) is 23.7 Å². The van der Waals surface area contributed by atoms with Crippen molar-refractivity contribution in [2.45, 2.75) is 19.9 Å². The molecule has 0 saturated heterocycles. The number of amides is 1. The van der Waals surface area contributed by atoms with Gasteiger partial charge in [-0.05, 0) is 35.9 Å². The van der Waals surface area contributed by atoms with Crippen LogP contribution in [0.5, 0.6) is 5.75 Å². The first kappa shape index (κ1) is 19.9. The molecule has 0 bridgehead atoms. The predicted molar refractivity (Wildman–Crippen MR) is 104 cm³/mol. The Morgan fingerprint density at radius 3 is 2.39 bits per heavy atom. The molecule has 1 heterocycles. The third-order valence-electron chi connectivity index (χ3n) is 4.61. The van der Waals surface area contributed by atoms with Gasteiger partial charge in [-0.2, -0.15) is 0 Å². The fourth-order valence-electron chi connectivity index (χ4n) is 3.17. The summed E-state index contributed by atoms with van der Waals surface area (Å²) in [6, 6.07) is 9.75. The Hall–Kier alpha value is -2.86. The maximum Gasteiger partial charge on any atom is 0.294 e. The number of ketones is 1. The highest BCUT2D eigenvalue weighted by molar-refractivity contribution is 6.31. The molecule has 1 aliphatic rings. The third-order valence-corrected chi connectivity index (χ3v) is 4.90. The lowest BCUT2D eigenvalue weighted by Gasteiger charge is -2.27. The Labute approximate surface area is 167 Å². The molecule has 0 fully saturated rings. The van der Waals surface area contributed by atoms with Crippen molar-refractivity contribution in [2.75, 3.05) is 12.0 Å². The number of hydrogen-bond donors (Lipinski definition) is 1. The fraction of sp³-hybridized carbons (Fsp3) is 0.238. The molecule has 5 nitrogen and oxygen atoms in total. The van der Waals surface area contributed by atoms with Crippen molar-refractivity contribution in [3.05, 3.63) is 70.2 Å². The van der Waals surface area contributed by atoms with Crippen LogP contribution in [0.25, 0.3) is 0 Å². The number of aliphatic hydroxyl groups excluding tert-OH is 1. The molecule has 0 spiro atoms. The summed E-state index contributed by atoms with van der Waals surface area (Å²) >= 11 is 5.89. The molecule has 0 saturated carbocycles. The van der Waals surface area contributed by atoms with Crippen LogP contribution in [0.1, 0.15) is 25.5 Å². The van der Waals surface area contributed by atoms with Crippen molar-refractivity contribution in [1.29, 1.82) is 0 Å². The molecule has 7 heteroatoms. The van der Waals surface area contributed by atoms with E-state index in [1.54, 1.807) is 38.1 Å². The first-order chi connectivity index (χ1) is 13.3. The van der Waals surface area contributed by atoms with E-state index in [0.29, 0.717) is 11.3 Å². The SMILES string of the molecule is COc1ccc(C2C(C(=O)C(C)C)=C(O)C(=O)N2c2ccc(F)c(Cl)c2)cc1. The van der Waals surface area contributed by atoms with E-state index in [0.717, 1.165) is 6.07 Å². The van der Waals surface area contributed by atoms with Crippen molar-refractivity contribution < 1.29 is 23.8 Å². The molecule has 1 aliphatic heterocycles. The summed E-state index contributed by atoms with van der Waals surface area (Å²) in [5.41, 5.74) is 0.878. The van der Waals surface area contributed by atoms with Crippen LogP contribution in [-0.4, -0.2) is 23.9 Å². The molecular weight excluding hydrogens is 385 g/mol. The van der Waals surface area contributed by atoms with E-state index < -0.39 is 29.4 Å². The smallest absolute Gasteiger partial charge is 0.294 e. The average Bonchev–Trinajstić information content (AvgIpc) is 2.94. The maximum atomic E-state index is 13.6. The first-order valence-corrected chi connectivity index (χ1v) is 9.04. The molecule has 28 heavy (non-hydrogen) atoms. The van der Waals surface area contributed by atoms with Crippen molar-refractivity contribution in [3.8, 4) is 5.75 Å². The third kappa shape index (κ3) is 3.36. The van der Waals surface area contributed by atoms with Crippen LogP contribution in [0.3, 0.4) is 0 Å². The highest BCUT2D eigenvalue weighted by atomic mass is 35.5. The Bertz CT molecular complexity index is 969. The molecule has 1 N–H and O–H groups in total. The highest BCUT2D eigenvalue weighted by Crippen LogP contribution is 2.42. The summed E-state index contributed by atoms with van der Waals surface area (Å²) in [7, 11) is 1.53. The number of carbonyl (C=O) groups excluding carboxylic acids is 2. The average molecular weight is 404 g/mol. The quantitative estimate of drug-likeness (QED) is 0.791. The van der Waals surface area contributed by atoms with E-state index in [2.05, 4.69) is 0 Å². The largest absolute Gasteiger partial charge is 0.503 e. The molecule has 1 unspecified atom stereocenters. The van der Waals surface area contributed by atoms with Gasteiger partial charge in [-0.25, -0.2) is 4.39 Å². The maximum absolute atomic E-state index is 13.6. The number of hydrogen-bond acceptors (Lipinski definition) is 4. The number of rotatable bonds is 5. The van der Waals surface area contributed by atoms with Crippen LogP contribution in [0.15, 0.2) is 53.8 Å². The van der Waals surface area contributed by atoms with Gasteiger partial charge in [0.25, 0.3) is 5.91 Å². The van der Waals surface area contributed by atoms with E-state index >= 15 is 0 Å². The molecule has 0 aromatic heterocycles. The number of benzene rings is 2. The lowest BCUT2D eigenvalue weighted by molar-refractivity contribution is -0.119. The Morgan fingerprint density at radius 1 is 1.21 bits per heavy atom. The minimum atomic E-state index is -0.866.